The van der Waals surface area contributed by atoms with Gasteiger partial charge >= 0.3 is 0 Å². The van der Waals surface area contributed by atoms with Crippen LogP contribution in [0.4, 0.5) is 8.22 Å². The van der Waals surface area contributed by atoms with Crippen LogP contribution in [0.15, 0.2) is 0 Å². The van der Waals surface area contributed by atoms with Gasteiger partial charge in [-0.05, 0) is 36.3 Å². The molecule has 0 aliphatic rings. The molecule has 4 heteroatoms. The minimum atomic E-state index is -2.55. The lowest BCUT2D eigenvalue weighted by Crippen LogP contribution is -2.30. The Bertz CT molecular complexity index is 241. The van der Waals surface area contributed by atoms with E-state index in [2.05, 4.69) is 27.7 Å². The van der Waals surface area contributed by atoms with Gasteiger partial charge in [0.25, 0.3) is 0 Å². The second kappa shape index (κ2) is 14.5. The minimum absolute atomic E-state index is 0.791. The van der Waals surface area contributed by atoms with E-state index in [1.165, 1.54) is 0 Å². The number of halogens is 2. The molecule has 0 saturated heterocycles. The number of unbranched alkanes of at least 4 members (excludes halogenated alkanes) is 5. The van der Waals surface area contributed by atoms with Gasteiger partial charge in [-0.15, -0.1) is 0 Å². The van der Waals surface area contributed by atoms with Crippen molar-refractivity contribution in [2.24, 2.45) is 0 Å². The fraction of sp³-hybridized carbons (Fsp3) is 1.00. The van der Waals surface area contributed by atoms with Crippen LogP contribution in [-0.2, 0) is 0 Å². The second-order valence-electron chi connectivity index (χ2n) is 7.92. The van der Waals surface area contributed by atoms with Crippen molar-refractivity contribution < 1.29 is 8.22 Å². The Balaban J connectivity index is 4.33. The number of rotatable bonds is 17. The van der Waals surface area contributed by atoms with Gasteiger partial charge in [-0.25, -0.2) is 0 Å². The molecular weight excluding hydrogens is 334 g/mol. The Morgan fingerprint density at radius 3 is 0.833 bits per heavy atom. The van der Waals surface area contributed by atoms with Crippen LogP contribution in [-0.4, -0.2) is 16.8 Å². The zero-order valence-corrected chi connectivity index (χ0v) is 19.1. The van der Waals surface area contributed by atoms with E-state index in [0.717, 1.165) is 100 Å². The smallest absolute Gasteiger partial charge is 0.247 e. The van der Waals surface area contributed by atoms with Crippen molar-refractivity contribution in [2.75, 3.05) is 0 Å². The van der Waals surface area contributed by atoms with Crippen LogP contribution in [0.5, 0.6) is 0 Å². The fourth-order valence-corrected chi connectivity index (χ4v) is 10.8. The van der Waals surface area contributed by atoms with Gasteiger partial charge < -0.3 is 8.22 Å². The van der Waals surface area contributed by atoms with Crippen LogP contribution >= 0.6 is 0 Å². The van der Waals surface area contributed by atoms with Gasteiger partial charge in [-0.3, -0.25) is 0 Å². The largest absolute Gasteiger partial charge is 0.314 e. The highest BCUT2D eigenvalue weighted by atomic mass is 28.4. The molecule has 0 nitrogen and oxygen atoms in total. The van der Waals surface area contributed by atoms with Crippen molar-refractivity contribution in [3.8, 4) is 0 Å². The second-order valence-corrected chi connectivity index (χ2v) is 15.5. The third-order valence-corrected chi connectivity index (χ3v) is 12.9. The standard InChI is InChI=1S/C20H44F2Si2/c1-5-9-15-23(21,16-10-6-2)19-13-14-20-24(22,17-11-7-3)18-12-8-4/h5-20H2,1-4H3. The highest BCUT2D eigenvalue weighted by Gasteiger charge is 2.34. The van der Waals surface area contributed by atoms with E-state index in [0.29, 0.717) is 0 Å². The molecule has 0 atom stereocenters. The molecule has 0 aliphatic carbocycles. The van der Waals surface area contributed by atoms with E-state index < -0.39 is 16.8 Å². The molecule has 0 amide bonds. The Labute approximate surface area is 153 Å². The first kappa shape index (κ1) is 24.3. The molecule has 0 aromatic heterocycles. The first-order valence-electron chi connectivity index (χ1n) is 10.8. The summed E-state index contributed by atoms with van der Waals surface area (Å²) in [7, 11) is -5.09. The first-order valence-corrected chi connectivity index (χ1v) is 15.8. The molecule has 0 bridgehead atoms. The quantitative estimate of drug-likeness (QED) is 0.135. The van der Waals surface area contributed by atoms with Crippen molar-refractivity contribution in [2.45, 2.75) is 128 Å². The van der Waals surface area contributed by atoms with Crippen LogP contribution in [0.2, 0.25) is 36.3 Å². The Hall–Kier alpha value is 0.294. The molecule has 0 radical (unpaired) electrons. The van der Waals surface area contributed by atoms with Crippen molar-refractivity contribution in [1.29, 1.82) is 0 Å². The summed E-state index contributed by atoms with van der Waals surface area (Å²) in [5, 5.41) is 0. The summed E-state index contributed by atoms with van der Waals surface area (Å²) in [6, 6.07) is 4.94. The minimum Gasteiger partial charge on any atom is -0.314 e. The third kappa shape index (κ3) is 11.8. The summed E-state index contributed by atoms with van der Waals surface area (Å²) in [6.45, 7) is 8.61. The van der Waals surface area contributed by atoms with E-state index in [4.69, 9.17) is 0 Å². The molecular formula is C20H44F2Si2. The van der Waals surface area contributed by atoms with Crippen LogP contribution in [0.3, 0.4) is 0 Å². The fourth-order valence-electron chi connectivity index (χ4n) is 3.61. The summed E-state index contributed by atoms with van der Waals surface area (Å²) in [4.78, 5) is 0. The summed E-state index contributed by atoms with van der Waals surface area (Å²) in [5.41, 5.74) is 0. The van der Waals surface area contributed by atoms with E-state index in [1.807, 2.05) is 0 Å². The molecule has 146 valence electrons. The maximum Gasteiger partial charge on any atom is 0.247 e. The normalized spacial score (nSPS) is 12.8. The van der Waals surface area contributed by atoms with Gasteiger partial charge in [-0.2, -0.15) is 0 Å². The molecule has 0 unspecified atom stereocenters. The highest BCUT2D eigenvalue weighted by molar-refractivity contribution is 6.73. The summed E-state index contributed by atoms with van der Waals surface area (Å²) in [6.07, 6.45) is 10.4. The van der Waals surface area contributed by atoms with Gasteiger partial charge in [0.05, 0.1) is 0 Å². The van der Waals surface area contributed by atoms with Gasteiger partial charge in [0.15, 0.2) is 0 Å². The van der Waals surface area contributed by atoms with Crippen molar-refractivity contribution in [1.82, 2.24) is 0 Å². The van der Waals surface area contributed by atoms with E-state index >= 15 is 8.22 Å². The van der Waals surface area contributed by atoms with Crippen molar-refractivity contribution in [3.63, 3.8) is 0 Å². The average molecular weight is 379 g/mol. The van der Waals surface area contributed by atoms with E-state index in [-0.39, 0.29) is 0 Å². The lowest BCUT2D eigenvalue weighted by molar-refractivity contribution is 0.650. The summed E-state index contributed by atoms with van der Waals surface area (Å²) in [5.74, 6) is 0. The zero-order valence-electron chi connectivity index (χ0n) is 17.1. The van der Waals surface area contributed by atoms with Crippen LogP contribution in [0.25, 0.3) is 0 Å². The first-order chi connectivity index (χ1) is 11.4. The lowest BCUT2D eigenvalue weighted by atomic mass is 10.4. The lowest BCUT2D eigenvalue weighted by Gasteiger charge is -2.25. The van der Waals surface area contributed by atoms with Gasteiger partial charge in [0.2, 0.25) is 16.8 Å². The van der Waals surface area contributed by atoms with Crippen LogP contribution in [0, 0.1) is 0 Å². The molecule has 0 spiro atoms. The number of hydrogen-bond donors (Lipinski definition) is 0. The number of hydrogen-bond acceptors (Lipinski definition) is 0. The maximum absolute atomic E-state index is 15.2. The monoisotopic (exact) mass is 378 g/mol. The highest BCUT2D eigenvalue weighted by Crippen LogP contribution is 2.33. The molecule has 0 heterocycles. The topological polar surface area (TPSA) is 0 Å². The Morgan fingerprint density at radius 1 is 0.417 bits per heavy atom. The predicted octanol–water partition coefficient (Wildman–Crippen LogP) is 8.80. The van der Waals surface area contributed by atoms with Crippen molar-refractivity contribution >= 4 is 16.8 Å². The molecule has 0 aromatic rings. The third-order valence-electron chi connectivity index (χ3n) is 5.41. The molecule has 0 rings (SSSR count). The predicted molar refractivity (Wildman–Crippen MR) is 111 cm³/mol. The average Bonchev–Trinajstić information content (AvgIpc) is 2.59. The molecule has 24 heavy (non-hydrogen) atoms. The van der Waals surface area contributed by atoms with E-state index in [1.54, 1.807) is 0 Å². The molecule has 0 fully saturated rings. The zero-order chi connectivity index (χ0) is 18.3. The van der Waals surface area contributed by atoms with Gasteiger partial charge in [-0.1, -0.05) is 91.9 Å². The molecule has 0 aliphatic heterocycles. The van der Waals surface area contributed by atoms with E-state index in [9.17, 15) is 0 Å². The van der Waals surface area contributed by atoms with Crippen LogP contribution in [0.1, 0.15) is 91.9 Å². The Kier molecular flexibility index (Phi) is 14.6. The van der Waals surface area contributed by atoms with Crippen LogP contribution < -0.4 is 0 Å². The van der Waals surface area contributed by atoms with Gasteiger partial charge in [0.1, 0.15) is 0 Å². The Morgan fingerprint density at radius 2 is 0.625 bits per heavy atom. The SMILES string of the molecule is CCCC[Si](F)(CCCC)CCCC[Si](F)(CCCC)CCCC. The van der Waals surface area contributed by atoms with Crippen molar-refractivity contribution in [3.05, 3.63) is 0 Å². The maximum atomic E-state index is 15.2. The summed E-state index contributed by atoms with van der Waals surface area (Å²) < 4.78 is 30.5. The van der Waals surface area contributed by atoms with Gasteiger partial charge in [0, 0.05) is 0 Å². The molecule has 0 aromatic carbocycles. The molecule has 0 N–H and O–H groups in total. The summed E-state index contributed by atoms with van der Waals surface area (Å²) >= 11 is 0. The molecule has 0 saturated carbocycles.